The lowest BCUT2D eigenvalue weighted by atomic mass is 10.2. The zero-order valence-corrected chi connectivity index (χ0v) is 13.1. The van der Waals surface area contributed by atoms with Crippen LogP contribution in [0.3, 0.4) is 0 Å². The lowest BCUT2D eigenvalue weighted by Crippen LogP contribution is -2.44. The van der Waals surface area contributed by atoms with Crippen LogP contribution in [-0.4, -0.2) is 66.7 Å². The zero-order valence-electron chi connectivity index (χ0n) is 13.1. The highest BCUT2D eigenvalue weighted by Gasteiger charge is 2.42. The van der Waals surface area contributed by atoms with Gasteiger partial charge in [-0.25, -0.2) is 9.59 Å². The van der Waals surface area contributed by atoms with Crippen LogP contribution in [0.2, 0.25) is 0 Å². The summed E-state index contributed by atoms with van der Waals surface area (Å²) in [7, 11) is 1.29. The fraction of sp³-hybridized carbons (Fsp3) is 0.857. The van der Waals surface area contributed by atoms with Crippen LogP contribution in [0.15, 0.2) is 0 Å². The number of aliphatic hydroxyl groups is 1. The number of esters is 1. The van der Waals surface area contributed by atoms with E-state index in [1.165, 1.54) is 12.0 Å². The van der Waals surface area contributed by atoms with Gasteiger partial charge in [0.2, 0.25) is 0 Å². The Morgan fingerprint density at radius 2 is 2.00 bits per heavy atom. The summed E-state index contributed by atoms with van der Waals surface area (Å²) in [5, 5.41) is 8.75. The van der Waals surface area contributed by atoms with Gasteiger partial charge >= 0.3 is 12.1 Å². The van der Waals surface area contributed by atoms with Gasteiger partial charge in [0.05, 0.1) is 19.8 Å². The Balaban J connectivity index is 2.69. The highest BCUT2D eigenvalue weighted by Crippen LogP contribution is 2.24. The summed E-state index contributed by atoms with van der Waals surface area (Å²) < 4.78 is 15.6. The number of hydrogen-bond donors (Lipinski definition) is 1. The fourth-order valence-electron chi connectivity index (χ4n) is 2.11. The molecule has 1 saturated heterocycles. The van der Waals surface area contributed by atoms with Crippen molar-refractivity contribution in [3.63, 3.8) is 0 Å². The number of rotatable bonds is 5. The summed E-state index contributed by atoms with van der Waals surface area (Å²) in [4.78, 5) is 25.3. The monoisotopic (exact) mass is 303 g/mol. The van der Waals surface area contributed by atoms with Crippen molar-refractivity contribution in [3.05, 3.63) is 0 Å². The molecule has 1 aliphatic heterocycles. The molecule has 0 bridgehead atoms. The molecule has 0 saturated carbocycles. The van der Waals surface area contributed by atoms with Crippen LogP contribution in [0.1, 0.15) is 33.6 Å². The first-order chi connectivity index (χ1) is 9.78. The predicted octanol–water partition coefficient (Wildman–Crippen LogP) is 0.936. The highest BCUT2D eigenvalue weighted by molar-refractivity contribution is 5.82. The highest BCUT2D eigenvalue weighted by atomic mass is 16.6. The third-order valence-corrected chi connectivity index (χ3v) is 3.02. The van der Waals surface area contributed by atoms with Crippen molar-refractivity contribution in [1.82, 2.24) is 4.90 Å². The molecule has 1 amide bonds. The van der Waals surface area contributed by atoms with E-state index < -0.39 is 23.7 Å². The molecule has 1 fully saturated rings. The summed E-state index contributed by atoms with van der Waals surface area (Å²) >= 11 is 0. The molecule has 0 radical (unpaired) electrons. The van der Waals surface area contributed by atoms with Crippen molar-refractivity contribution in [3.8, 4) is 0 Å². The number of methoxy groups -OCH3 is 1. The zero-order chi connectivity index (χ0) is 16.0. The number of amides is 1. The lowest BCUT2D eigenvalue weighted by Gasteiger charge is -2.27. The third-order valence-electron chi connectivity index (χ3n) is 3.02. The third kappa shape index (κ3) is 5.51. The minimum absolute atomic E-state index is 0.0446. The molecule has 2 atom stereocenters. The molecule has 1 unspecified atom stereocenters. The smallest absolute Gasteiger partial charge is 0.411 e. The molecule has 7 heteroatoms. The number of aliphatic hydroxyl groups excluding tert-OH is 1. The van der Waals surface area contributed by atoms with E-state index in [1.54, 1.807) is 20.8 Å². The maximum atomic E-state index is 12.2. The molecule has 1 heterocycles. The Morgan fingerprint density at radius 3 is 2.52 bits per heavy atom. The number of carbonyl (C=O) groups excluding carboxylic acids is 2. The van der Waals surface area contributed by atoms with Crippen molar-refractivity contribution < 1.29 is 28.9 Å². The molecule has 0 aliphatic carbocycles. The van der Waals surface area contributed by atoms with E-state index in [9.17, 15) is 9.59 Å². The first-order valence-electron chi connectivity index (χ1n) is 7.08. The van der Waals surface area contributed by atoms with Crippen LogP contribution in [0.4, 0.5) is 4.79 Å². The molecule has 0 aromatic heterocycles. The van der Waals surface area contributed by atoms with Gasteiger partial charge in [-0.05, 0) is 27.2 Å². The molecule has 0 aromatic rings. The van der Waals surface area contributed by atoms with Crippen LogP contribution >= 0.6 is 0 Å². The fourth-order valence-corrected chi connectivity index (χ4v) is 2.11. The van der Waals surface area contributed by atoms with Gasteiger partial charge in [-0.2, -0.15) is 0 Å². The number of carbonyl (C=O) groups is 2. The summed E-state index contributed by atoms with van der Waals surface area (Å²) in [6, 6.07) is -0.691. The summed E-state index contributed by atoms with van der Waals surface area (Å²) in [6.07, 6.45) is 0.0859. The molecular weight excluding hydrogens is 278 g/mol. The van der Waals surface area contributed by atoms with Gasteiger partial charge in [-0.1, -0.05) is 0 Å². The van der Waals surface area contributed by atoms with E-state index in [4.69, 9.17) is 19.3 Å². The van der Waals surface area contributed by atoms with Crippen molar-refractivity contribution in [2.45, 2.75) is 51.4 Å². The van der Waals surface area contributed by atoms with E-state index in [0.717, 1.165) is 0 Å². The molecule has 7 nitrogen and oxygen atoms in total. The van der Waals surface area contributed by atoms with Gasteiger partial charge in [-0.3, -0.25) is 4.90 Å². The van der Waals surface area contributed by atoms with Crippen LogP contribution in [0.25, 0.3) is 0 Å². The Kier molecular flexibility index (Phi) is 6.42. The second-order valence-electron chi connectivity index (χ2n) is 5.98. The largest absolute Gasteiger partial charge is 0.467 e. The van der Waals surface area contributed by atoms with Gasteiger partial charge in [0.25, 0.3) is 0 Å². The molecule has 0 spiro atoms. The van der Waals surface area contributed by atoms with Gasteiger partial charge in [0.1, 0.15) is 11.6 Å². The number of hydrogen-bond acceptors (Lipinski definition) is 6. The SMILES string of the molecule is COC(=O)[C@@H]1CC(OCCCO)CN1C(=O)OC(C)(C)C. The molecule has 21 heavy (non-hydrogen) atoms. The van der Waals surface area contributed by atoms with Gasteiger partial charge in [0.15, 0.2) is 0 Å². The van der Waals surface area contributed by atoms with Crippen LogP contribution in [-0.2, 0) is 19.0 Å². The van der Waals surface area contributed by atoms with E-state index in [2.05, 4.69) is 0 Å². The van der Waals surface area contributed by atoms with Crippen LogP contribution in [0.5, 0.6) is 0 Å². The maximum absolute atomic E-state index is 12.2. The molecule has 0 aromatic carbocycles. The second kappa shape index (κ2) is 7.61. The van der Waals surface area contributed by atoms with Gasteiger partial charge < -0.3 is 19.3 Å². The number of likely N-dealkylation sites (tertiary alicyclic amines) is 1. The predicted molar refractivity (Wildman–Crippen MR) is 74.8 cm³/mol. The first kappa shape index (κ1) is 17.7. The first-order valence-corrected chi connectivity index (χ1v) is 7.08. The Hall–Kier alpha value is -1.34. The maximum Gasteiger partial charge on any atom is 0.411 e. The van der Waals surface area contributed by atoms with Crippen molar-refractivity contribution in [2.24, 2.45) is 0 Å². The van der Waals surface area contributed by atoms with Crippen LogP contribution < -0.4 is 0 Å². The van der Waals surface area contributed by atoms with Gasteiger partial charge in [-0.15, -0.1) is 0 Å². The van der Waals surface area contributed by atoms with Crippen molar-refractivity contribution >= 4 is 12.1 Å². The molecular formula is C14H25NO6. The van der Waals surface area contributed by atoms with E-state index >= 15 is 0 Å². The normalized spacial score (nSPS) is 22.2. The van der Waals surface area contributed by atoms with Gasteiger partial charge in [0, 0.05) is 19.6 Å². The van der Waals surface area contributed by atoms with Crippen LogP contribution in [0, 0.1) is 0 Å². The number of ether oxygens (including phenoxy) is 3. The standard InChI is InChI=1S/C14H25NO6/c1-14(2,3)21-13(18)15-9-10(20-7-5-6-16)8-11(15)12(17)19-4/h10-11,16H,5-9H2,1-4H3/t10?,11-/m0/s1. The lowest BCUT2D eigenvalue weighted by molar-refractivity contribution is -0.145. The van der Waals surface area contributed by atoms with Crippen molar-refractivity contribution in [1.29, 1.82) is 0 Å². The molecule has 1 N–H and O–H groups in total. The Bertz CT molecular complexity index is 365. The topological polar surface area (TPSA) is 85.3 Å². The summed E-state index contributed by atoms with van der Waals surface area (Å²) in [5.41, 5.74) is -0.631. The Morgan fingerprint density at radius 1 is 1.33 bits per heavy atom. The van der Waals surface area contributed by atoms with E-state index in [1.807, 2.05) is 0 Å². The minimum atomic E-state index is -0.691. The Labute approximate surface area is 125 Å². The molecule has 1 aliphatic rings. The minimum Gasteiger partial charge on any atom is -0.467 e. The second-order valence-corrected chi connectivity index (χ2v) is 5.98. The summed E-state index contributed by atoms with van der Waals surface area (Å²) in [5.74, 6) is -0.478. The quantitative estimate of drug-likeness (QED) is 0.601. The average Bonchev–Trinajstić information content (AvgIpc) is 2.80. The van der Waals surface area contributed by atoms with Crippen molar-refractivity contribution in [2.75, 3.05) is 26.9 Å². The summed E-state index contributed by atoms with van der Waals surface area (Å²) in [6.45, 7) is 6.01. The average molecular weight is 303 g/mol. The number of nitrogens with zero attached hydrogens (tertiary/aromatic N) is 1. The molecule has 1 rings (SSSR count). The van der Waals surface area contributed by atoms with E-state index in [0.29, 0.717) is 19.4 Å². The van der Waals surface area contributed by atoms with E-state index in [-0.39, 0.29) is 19.3 Å². The molecule has 122 valence electrons.